The molecule has 0 heterocycles. The summed E-state index contributed by atoms with van der Waals surface area (Å²) in [6, 6.07) is 0. The van der Waals surface area contributed by atoms with Crippen molar-refractivity contribution in [1.29, 1.82) is 0 Å². The Balaban J connectivity index is 3.42. The van der Waals surface area contributed by atoms with Crippen molar-refractivity contribution in [3.63, 3.8) is 0 Å². The van der Waals surface area contributed by atoms with Crippen LogP contribution in [-0.2, 0) is 10.3 Å². The lowest BCUT2D eigenvalue weighted by molar-refractivity contribution is -0.767. The van der Waals surface area contributed by atoms with Gasteiger partial charge in [-0.25, -0.2) is 4.55 Å². The van der Waals surface area contributed by atoms with Crippen molar-refractivity contribution in [1.82, 2.24) is 0 Å². The molecular weight excluding hydrogens is 262 g/mol. The van der Waals surface area contributed by atoms with E-state index in [4.69, 9.17) is 4.55 Å². The summed E-state index contributed by atoms with van der Waals surface area (Å²) in [7, 11) is -0.913. The van der Waals surface area contributed by atoms with Gasteiger partial charge in [0.2, 0.25) is 0 Å². The number of unbranched alkanes of at least 4 members (excludes halogenated alkanes) is 9. The van der Waals surface area contributed by atoms with Crippen LogP contribution in [0.3, 0.4) is 0 Å². The fraction of sp³-hybridized carbons (Fsp3) is 1.00. The monoisotopic (exact) mass is 294 g/mol. The molecule has 0 aliphatic heterocycles. The van der Waals surface area contributed by atoms with Gasteiger partial charge < -0.3 is 0 Å². The molecule has 0 amide bonds. The lowest BCUT2D eigenvalue weighted by Gasteiger charge is -2.24. The van der Waals surface area contributed by atoms with Crippen molar-refractivity contribution in [2.45, 2.75) is 71.1 Å². The molecule has 0 aromatic rings. The molecule has 0 aliphatic carbocycles. The van der Waals surface area contributed by atoms with E-state index in [1.807, 2.05) is 0 Å². The fourth-order valence-electron chi connectivity index (χ4n) is 2.10. The second-order valence-corrected chi connectivity index (χ2v) is 7.81. The van der Waals surface area contributed by atoms with E-state index in [0.717, 1.165) is 12.8 Å². The third-order valence-corrected chi connectivity index (χ3v) is 5.11. The Hall–Kier alpha value is -0.130. The number of hydrogen-bond donors (Lipinski definition) is 1. The largest absolute Gasteiger partial charge is 0.432 e. The maximum absolute atomic E-state index is 11.1. The summed E-state index contributed by atoms with van der Waals surface area (Å²) >= 11 is 0. The minimum Gasteiger partial charge on any atom is -0.241 e. The van der Waals surface area contributed by atoms with Crippen LogP contribution in [-0.4, -0.2) is 37.5 Å². The lowest BCUT2D eigenvalue weighted by Crippen LogP contribution is -2.45. The van der Waals surface area contributed by atoms with Crippen LogP contribution in [0.2, 0.25) is 0 Å². The zero-order chi connectivity index (χ0) is 14.8. The number of hydrogen-bond acceptors (Lipinski definition) is 2. The van der Waals surface area contributed by atoms with Crippen molar-refractivity contribution < 1.29 is 16.9 Å². The predicted octanol–water partition coefficient (Wildman–Crippen LogP) is 3.79. The van der Waals surface area contributed by atoms with E-state index in [2.05, 4.69) is 6.92 Å². The highest BCUT2D eigenvalue weighted by Gasteiger charge is 2.29. The van der Waals surface area contributed by atoms with Crippen molar-refractivity contribution in [3.05, 3.63) is 0 Å². The molecule has 0 spiro atoms. The average Bonchev–Trinajstić information content (AvgIpc) is 2.30. The van der Waals surface area contributed by atoms with Gasteiger partial charge in [-0.2, -0.15) is 3.89 Å². The lowest BCUT2D eigenvalue weighted by atomic mass is 10.1. The van der Waals surface area contributed by atoms with E-state index in [1.54, 1.807) is 0 Å². The maximum Gasteiger partial charge on any atom is 0.432 e. The summed E-state index contributed by atoms with van der Waals surface area (Å²) < 4.78 is 30.8. The van der Waals surface area contributed by atoms with E-state index >= 15 is 0 Å². The van der Waals surface area contributed by atoms with Gasteiger partial charge in [0.15, 0.2) is 0 Å². The molecule has 4 nitrogen and oxygen atoms in total. The molecule has 0 aromatic heterocycles. The van der Waals surface area contributed by atoms with Gasteiger partial charge in [-0.3, -0.25) is 0 Å². The first-order valence-electron chi connectivity index (χ1n) is 7.62. The van der Waals surface area contributed by atoms with Crippen LogP contribution in [0.15, 0.2) is 0 Å². The van der Waals surface area contributed by atoms with Crippen LogP contribution in [0.4, 0.5) is 0 Å². The molecule has 0 aliphatic rings. The van der Waals surface area contributed by atoms with Gasteiger partial charge >= 0.3 is 10.3 Å². The summed E-state index contributed by atoms with van der Waals surface area (Å²) in [6.07, 6.45) is 12.3. The minimum atomic E-state index is -3.98. The quantitative estimate of drug-likeness (QED) is 0.338. The molecule has 0 bridgehead atoms. The van der Waals surface area contributed by atoms with E-state index in [1.165, 1.54) is 65.5 Å². The molecule has 0 saturated heterocycles. The molecule has 0 saturated carbocycles. The van der Waals surface area contributed by atoms with Gasteiger partial charge in [0.05, 0.1) is 20.6 Å². The molecular formula is C14H32NO3S+. The Kier molecular flexibility index (Phi) is 9.66. The van der Waals surface area contributed by atoms with Crippen molar-refractivity contribution >= 4 is 10.3 Å². The molecule has 5 heteroatoms. The first kappa shape index (κ1) is 18.9. The highest BCUT2D eigenvalue weighted by atomic mass is 32.2. The van der Waals surface area contributed by atoms with Crippen LogP contribution in [0.25, 0.3) is 0 Å². The second kappa shape index (κ2) is 9.72. The summed E-state index contributed by atoms with van der Waals surface area (Å²) in [5.74, 6) is 0. The van der Waals surface area contributed by atoms with Crippen molar-refractivity contribution in [2.24, 2.45) is 0 Å². The Morgan fingerprint density at radius 1 is 0.789 bits per heavy atom. The summed E-state index contributed by atoms with van der Waals surface area (Å²) in [5, 5.41) is 0. The summed E-state index contributed by atoms with van der Waals surface area (Å²) in [5.41, 5.74) is 0. The standard InChI is InChI=1S/C14H31NO3S/c1-4-5-6-7-8-9-10-11-12-13-14-15(2,3)19(16,17)18/h4-14H2,1-3H3/p+1. The van der Waals surface area contributed by atoms with Gasteiger partial charge in [0.25, 0.3) is 0 Å². The van der Waals surface area contributed by atoms with Gasteiger partial charge in [-0.05, 0) is 12.8 Å². The van der Waals surface area contributed by atoms with Gasteiger partial charge in [-0.1, -0.05) is 58.3 Å². The van der Waals surface area contributed by atoms with E-state index in [9.17, 15) is 8.42 Å². The van der Waals surface area contributed by atoms with Crippen LogP contribution in [0.1, 0.15) is 71.1 Å². The highest BCUT2D eigenvalue weighted by Crippen LogP contribution is 2.13. The third-order valence-electron chi connectivity index (χ3n) is 3.67. The predicted molar refractivity (Wildman–Crippen MR) is 80.4 cm³/mol. The van der Waals surface area contributed by atoms with Gasteiger partial charge in [0.1, 0.15) is 0 Å². The van der Waals surface area contributed by atoms with Gasteiger partial charge in [-0.15, -0.1) is 8.42 Å². The first-order chi connectivity index (χ1) is 8.81. The minimum absolute atomic E-state index is 0.329. The smallest absolute Gasteiger partial charge is 0.241 e. The number of nitrogens with zero attached hydrogens (tertiary/aromatic N) is 1. The highest BCUT2D eigenvalue weighted by molar-refractivity contribution is 7.80. The summed E-state index contributed by atoms with van der Waals surface area (Å²) in [4.78, 5) is 0. The Bertz CT molecular complexity index is 313. The van der Waals surface area contributed by atoms with Gasteiger partial charge in [0, 0.05) is 0 Å². The maximum atomic E-state index is 11.1. The zero-order valence-corrected chi connectivity index (χ0v) is 13.7. The first-order valence-corrected chi connectivity index (χ1v) is 9.01. The Morgan fingerprint density at radius 3 is 1.53 bits per heavy atom. The van der Waals surface area contributed by atoms with Crippen molar-refractivity contribution in [2.75, 3.05) is 20.6 Å². The Morgan fingerprint density at radius 2 is 1.16 bits per heavy atom. The molecule has 1 N–H and O–H groups in total. The molecule has 116 valence electrons. The zero-order valence-electron chi connectivity index (χ0n) is 12.9. The molecule has 0 unspecified atom stereocenters. The van der Waals surface area contributed by atoms with Crippen LogP contribution >= 0.6 is 0 Å². The van der Waals surface area contributed by atoms with E-state index in [0.29, 0.717) is 6.54 Å². The van der Waals surface area contributed by atoms with Crippen LogP contribution < -0.4 is 0 Å². The Labute approximate surface area is 119 Å². The van der Waals surface area contributed by atoms with E-state index in [-0.39, 0.29) is 3.89 Å². The fourth-order valence-corrected chi connectivity index (χ4v) is 2.46. The molecule has 0 rings (SSSR count). The van der Waals surface area contributed by atoms with E-state index < -0.39 is 10.3 Å². The molecule has 0 radical (unpaired) electrons. The SMILES string of the molecule is CCCCCCCCCCCC[N+](C)(C)S(=O)(=O)O. The second-order valence-electron chi connectivity index (χ2n) is 5.93. The number of rotatable bonds is 12. The third kappa shape index (κ3) is 9.41. The van der Waals surface area contributed by atoms with Crippen molar-refractivity contribution in [3.8, 4) is 0 Å². The topological polar surface area (TPSA) is 54.4 Å². The molecule has 0 atom stereocenters. The number of quaternary nitrogens is 1. The summed E-state index contributed by atoms with van der Waals surface area (Å²) in [6.45, 7) is 2.71. The van der Waals surface area contributed by atoms with Crippen LogP contribution in [0.5, 0.6) is 0 Å². The normalized spacial score (nSPS) is 12.8. The van der Waals surface area contributed by atoms with Crippen LogP contribution in [0, 0.1) is 0 Å². The molecule has 0 aromatic carbocycles. The molecule has 0 fully saturated rings. The average molecular weight is 294 g/mol. The molecule has 19 heavy (non-hydrogen) atoms.